The Balaban J connectivity index is 1.86. The van der Waals surface area contributed by atoms with Crippen LogP contribution in [-0.4, -0.2) is 30.2 Å². The van der Waals surface area contributed by atoms with Crippen molar-refractivity contribution in [1.82, 2.24) is 5.32 Å². The lowest BCUT2D eigenvalue weighted by Gasteiger charge is -2.11. The highest BCUT2D eigenvalue weighted by atomic mass is 16.5. The summed E-state index contributed by atoms with van der Waals surface area (Å²) in [6, 6.07) is 6.39. The average molecular weight is 374 g/mol. The molecule has 0 saturated carbocycles. The van der Waals surface area contributed by atoms with E-state index in [1.165, 1.54) is 12.8 Å². The fourth-order valence-electron chi connectivity index (χ4n) is 3.12. The third-order valence-corrected chi connectivity index (χ3v) is 4.56. The zero-order valence-electron chi connectivity index (χ0n) is 16.4. The van der Waals surface area contributed by atoms with Gasteiger partial charge in [0.2, 0.25) is 11.8 Å². The van der Waals surface area contributed by atoms with Crippen LogP contribution in [0, 0.1) is 11.8 Å². The molecule has 2 N–H and O–H groups in total. The van der Waals surface area contributed by atoms with Crippen LogP contribution in [0.25, 0.3) is 0 Å². The normalized spacial score (nSPS) is 19.3. The third kappa shape index (κ3) is 6.08. The molecule has 27 heavy (non-hydrogen) atoms. The van der Waals surface area contributed by atoms with Crippen LogP contribution in [0.1, 0.15) is 52.9 Å². The van der Waals surface area contributed by atoms with Gasteiger partial charge in [-0.3, -0.25) is 14.4 Å². The Morgan fingerprint density at radius 1 is 1.15 bits per heavy atom. The first-order valence-corrected chi connectivity index (χ1v) is 9.80. The molecule has 2 unspecified atom stereocenters. The Morgan fingerprint density at radius 2 is 1.85 bits per heavy atom. The summed E-state index contributed by atoms with van der Waals surface area (Å²) in [5.41, 5.74) is 0.534. The van der Waals surface area contributed by atoms with Gasteiger partial charge in [0.15, 0.2) is 11.7 Å². The summed E-state index contributed by atoms with van der Waals surface area (Å²) in [6.45, 7) is 6.78. The van der Waals surface area contributed by atoms with Crippen molar-refractivity contribution in [3.05, 3.63) is 24.3 Å². The summed E-state index contributed by atoms with van der Waals surface area (Å²) in [6.07, 6.45) is 5.11. The minimum Gasteiger partial charge on any atom is -0.494 e. The summed E-state index contributed by atoms with van der Waals surface area (Å²) < 4.78 is 5.67. The van der Waals surface area contributed by atoms with Crippen molar-refractivity contribution in [3.63, 3.8) is 0 Å². The fraction of sp³-hybridized carbons (Fsp3) is 0.571. The van der Waals surface area contributed by atoms with Crippen molar-refractivity contribution in [1.29, 1.82) is 0 Å². The van der Waals surface area contributed by atoms with Crippen LogP contribution < -0.4 is 15.4 Å². The van der Waals surface area contributed by atoms with Crippen LogP contribution in [0.4, 0.5) is 5.69 Å². The Morgan fingerprint density at radius 3 is 2.48 bits per heavy atom. The first-order chi connectivity index (χ1) is 12.9. The molecule has 0 aromatic heterocycles. The number of carbonyl (C=O) groups is 3. The van der Waals surface area contributed by atoms with Gasteiger partial charge in [0.1, 0.15) is 5.75 Å². The van der Waals surface area contributed by atoms with Crippen LogP contribution in [0.3, 0.4) is 0 Å². The summed E-state index contributed by atoms with van der Waals surface area (Å²) in [5, 5.41) is 5.28. The van der Waals surface area contributed by atoms with Gasteiger partial charge in [0.25, 0.3) is 0 Å². The molecule has 2 amide bonds. The van der Waals surface area contributed by atoms with Gasteiger partial charge in [0.05, 0.1) is 12.6 Å². The van der Waals surface area contributed by atoms with Crippen LogP contribution in [0.2, 0.25) is 0 Å². The lowest BCUT2D eigenvalue weighted by Crippen LogP contribution is -2.33. The topological polar surface area (TPSA) is 84.5 Å². The van der Waals surface area contributed by atoms with Crippen LogP contribution in [0.15, 0.2) is 24.3 Å². The van der Waals surface area contributed by atoms with E-state index in [9.17, 15) is 14.4 Å². The zero-order chi connectivity index (χ0) is 19.8. The highest BCUT2D eigenvalue weighted by molar-refractivity contribution is 6.26. The van der Waals surface area contributed by atoms with Crippen molar-refractivity contribution >= 4 is 23.3 Å². The maximum Gasteiger partial charge on any atom is 0.244 e. The van der Waals surface area contributed by atoms with E-state index >= 15 is 0 Å². The van der Waals surface area contributed by atoms with E-state index in [0.29, 0.717) is 18.7 Å². The third-order valence-electron chi connectivity index (χ3n) is 4.56. The molecule has 6 nitrogen and oxygen atoms in total. The zero-order valence-corrected chi connectivity index (χ0v) is 16.4. The molecule has 148 valence electrons. The van der Waals surface area contributed by atoms with Gasteiger partial charge in [-0.15, -0.1) is 0 Å². The number of nitrogens with one attached hydrogen (secondary N) is 2. The van der Waals surface area contributed by atoms with Crippen molar-refractivity contribution < 1.29 is 19.1 Å². The largest absolute Gasteiger partial charge is 0.494 e. The SMILES string of the molecule is CCCCCCOc1ccc(NC(=O)C2C(=O)NC(CC(C)C)C2=O)cc1. The second-order valence-electron chi connectivity index (χ2n) is 7.45. The van der Waals surface area contributed by atoms with Gasteiger partial charge in [-0.1, -0.05) is 40.0 Å². The van der Waals surface area contributed by atoms with E-state index in [2.05, 4.69) is 17.6 Å². The van der Waals surface area contributed by atoms with Gasteiger partial charge < -0.3 is 15.4 Å². The van der Waals surface area contributed by atoms with Crippen LogP contribution >= 0.6 is 0 Å². The number of rotatable bonds is 10. The Labute approximate surface area is 161 Å². The average Bonchev–Trinajstić information content (AvgIpc) is 2.89. The number of Topliss-reactive ketones (excluding diaryl/α,β-unsaturated/α-hetero) is 1. The minimum atomic E-state index is -1.27. The molecule has 0 bridgehead atoms. The van der Waals surface area contributed by atoms with E-state index in [1.807, 2.05) is 13.8 Å². The van der Waals surface area contributed by atoms with E-state index in [4.69, 9.17) is 4.74 Å². The molecule has 1 fully saturated rings. The summed E-state index contributed by atoms with van der Waals surface area (Å²) >= 11 is 0. The monoisotopic (exact) mass is 374 g/mol. The summed E-state index contributed by atoms with van der Waals surface area (Å²) in [7, 11) is 0. The maximum absolute atomic E-state index is 12.4. The van der Waals surface area contributed by atoms with Crippen molar-refractivity contribution in [2.75, 3.05) is 11.9 Å². The second kappa shape index (κ2) is 10.1. The lowest BCUT2D eigenvalue weighted by atomic mass is 9.96. The van der Waals surface area contributed by atoms with Crippen molar-refractivity contribution in [2.24, 2.45) is 11.8 Å². The first kappa shape index (κ1) is 20.9. The molecular weight excluding hydrogens is 344 g/mol. The number of hydrogen-bond acceptors (Lipinski definition) is 4. The smallest absolute Gasteiger partial charge is 0.244 e. The summed E-state index contributed by atoms with van der Waals surface area (Å²) in [5.74, 6) is -1.74. The molecule has 2 rings (SSSR count). The number of ketones is 1. The van der Waals surface area contributed by atoms with Gasteiger partial charge in [0, 0.05) is 5.69 Å². The molecular formula is C21H30N2O4. The molecule has 0 spiro atoms. The molecule has 1 aliphatic heterocycles. The number of unbranched alkanes of at least 4 members (excludes halogenated alkanes) is 3. The fourth-order valence-corrected chi connectivity index (χ4v) is 3.12. The van der Waals surface area contributed by atoms with Crippen molar-refractivity contribution in [3.8, 4) is 5.75 Å². The lowest BCUT2D eigenvalue weighted by molar-refractivity contribution is -0.135. The molecule has 2 atom stereocenters. The number of ether oxygens (including phenoxy) is 1. The summed E-state index contributed by atoms with van der Waals surface area (Å²) in [4.78, 5) is 36.8. The van der Waals surface area contributed by atoms with Gasteiger partial charge in [-0.2, -0.15) is 0 Å². The Bertz CT molecular complexity index is 655. The van der Waals surface area contributed by atoms with E-state index < -0.39 is 23.8 Å². The second-order valence-corrected chi connectivity index (χ2v) is 7.45. The molecule has 1 aromatic rings. The van der Waals surface area contributed by atoms with Gasteiger partial charge in [-0.25, -0.2) is 0 Å². The molecule has 1 aliphatic rings. The number of benzene rings is 1. The molecule has 0 radical (unpaired) electrons. The predicted octanol–water partition coefficient (Wildman–Crippen LogP) is 3.31. The number of hydrogen-bond donors (Lipinski definition) is 2. The number of amides is 2. The van der Waals surface area contributed by atoms with E-state index in [0.717, 1.165) is 18.6 Å². The van der Waals surface area contributed by atoms with E-state index in [-0.39, 0.29) is 11.7 Å². The highest BCUT2D eigenvalue weighted by Crippen LogP contribution is 2.21. The minimum absolute atomic E-state index is 0.260. The maximum atomic E-state index is 12.4. The quantitative estimate of drug-likeness (QED) is 0.486. The van der Waals surface area contributed by atoms with Gasteiger partial charge >= 0.3 is 0 Å². The van der Waals surface area contributed by atoms with Crippen LogP contribution in [0.5, 0.6) is 5.75 Å². The Kier molecular flexibility index (Phi) is 7.82. The van der Waals surface area contributed by atoms with Gasteiger partial charge in [-0.05, 0) is 43.0 Å². The molecule has 1 heterocycles. The van der Waals surface area contributed by atoms with Crippen molar-refractivity contribution in [2.45, 2.75) is 58.9 Å². The Hall–Kier alpha value is -2.37. The van der Waals surface area contributed by atoms with Crippen LogP contribution in [-0.2, 0) is 14.4 Å². The molecule has 1 saturated heterocycles. The molecule has 0 aliphatic carbocycles. The standard InChI is InChI=1S/C21H30N2O4/c1-4-5-6-7-12-27-16-10-8-15(9-11-16)22-20(25)18-19(24)17(13-14(2)3)23-21(18)26/h8-11,14,17-18H,4-7,12-13H2,1-3H3,(H,22,25)(H,23,26). The number of carbonyl (C=O) groups excluding carboxylic acids is 3. The highest BCUT2D eigenvalue weighted by Gasteiger charge is 2.45. The first-order valence-electron chi connectivity index (χ1n) is 9.80. The van der Waals surface area contributed by atoms with E-state index in [1.54, 1.807) is 24.3 Å². The predicted molar refractivity (Wildman–Crippen MR) is 105 cm³/mol. The molecule has 1 aromatic carbocycles. The number of anilines is 1. The molecule has 6 heteroatoms.